The molecular formula is C17H28N2O2. The zero-order valence-corrected chi connectivity index (χ0v) is 13.7. The van der Waals surface area contributed by atoms with Crippen LogP contribution in [-0.2, 0) is 0 Å². The Balaban J connectivity index is 2.33. The van der Waals surface area contributed by atoms with E-state index in [9.17, 15) is 0 Å². The van der Waals surface area contributed by atoms with E-state index in [1.807, 2.05) is 13.1 Å². The van der Waals surface area contributed by atoms with Crippen molar-refractivity contribution >= 4 is 0 Å². The highest BCUT2D eigenvalue weighted by molar-refractivity contribution is 5.44. The van der Waals surface area contributed by atoms with Gasteiger partial charge in [0.05, 0.1) is 14.2 Å². The van der Waals surface area contributed by atoms with Gasteiger partial charge in [-0.1, -0.05) is 13.0 Å². The third kappa shape index (κ3) is 3.50. The highest BCUT2D eigenvalue weighted by Gasteiger charge is 2.31. The highest BCUT2D eigenvalue weighted by atomic mass is 16.5. The first-order valence-corrected chi connectivity index (χ1v) is 7.85. The average molecular weight is 292 g/mol. The molecule has 0 aliphatic carbocycles. The molecule has 1 aromatic carbocycles. The van der Waals surface area contributed by atoms with Gasteiger partial charge < -0.3 is 14.8 Å². The molecule has 118 valence electrons. The normalized spacial score (nSPS) is 23.0. The van der Waals surface area contributed by atoms with Gasteiger partial charge in [0.2, 0.25) is 0 Å². The Bertz CT molecular complexity index is 448. The van der Waals surface area contributed by atoms with Crippen LogP contribution < -0.4 is 14.8 Å². The lowest BCUT2D eigenvalue weighted by Gasteiger charge is -2.41. The first-order chi connectivity index (χ1) is 10.2. The lowest BCUT2D eigenvalue weighted by Crippen LogP contribution is -2.42. The Morgan fingerprint density at radius 2 is 2.00 bits per heavy atom. The first-order valence-electron chi connectivity index (χ1n) is 7.85. The number of ether oxygens (including phenoxy) is 2. The molecule has 1 aliphatic rings. The first kappa shape index (κ1) is 16.1. The molecule has 0 saturated carbocycles. The third-order valence-corrected chi connectivity index (χ3v) is 4.48. The second-order valence-corrected chi connectivity index (χ2v) is 5.65. The number of hydrogen-bond donors (Lipinski definition) is 1. The maximum absolute atomic E-state index is 5.47. The van der Waals surface area contributed by atoms with Crippen LogP contribution in [0.25, 0.3) is 0 Å². The monoisotopic (exact) mass is 292 g/mol. The van der Waals surface area contributed by atoms with Gasteiger partial charge in [0.25, 0.3) is 0 Å². The van der Waals surface area contributed by atoms with E-state index in [-0.39, 0.29) is 0 Å². The minimum atomic E-state index is 0.455. The smallest absolute Gasteiger partial charge is 0.161 e. The summed E-state index contributed by atoms with van der Waals surface area (Å²) in [6.07, 6.45) is 2.56. The highest BCUT2D eigenvalue weighted by Crippen LogP contribution is 2.39. The number of benzene rings is 1. The summed E-state index contributed by atoms with van der Waals surface area (Å²) >= 11 is 0. The topological polar surface area (TPSA) is 33.7 Å². The summed E-state index contributed by atoms with van der Waals surface area (Å²) in [6.45, 7) is 5.56. The van der Waals surface area contributed by atoms with E-state index in [1.165, 1.54) is 24.9 Å². The van der Waals surface area contributed by atoms with Crippen molar-refractivity contribution < 1.29 is 9.47 Å². The molecule has 1 aromatic rings. The fraction of sp³-hybridized carbons (Fsp3) is 0.647. The number of hydrogen-bond acceptors (Lipinski definition) is 4. The van der Waals surface area contributed by atoms with Crippen LogP contribution in [0.4, 0.5) is 0 Å². The predicted octanol–water partition coefficient (Wildman–Crippen LogP) is 2.70. The molecule has 1 aliphatic heterocycles. The lowest BCUT2D eigenvalue weighted by atomic mass is 9.84. The van der Waals surface area contributed by atoms with Crippen molar-refractivity contribution in [2.75, 3.05) is 40.9 Å². The Labute approximate surface area is 128 Å². The van der Waals surface area contributed by atoms with Crippen molar-refractivity contribution in [2.24, 2.45) is 5.92 Å². The van der Waals surface area contributed by atoms with E-state index in [1.54, 1.807) is 14.2 Å². The fourth-order valence-electron chi connectivity index (χ4n) is 3.50. The summed E-state index contributed by atoms with van der Waals surface area (Å²) in [5.41, 5.74) is 1.33. The van der Waals surface area contributed by atoms with E-state index >= 15 is 0 Å². The molecule has 4 nitrogen and oxygen atoms in total. The number of methoxy groups -OCH3 is 2. The number of piperidine rings is 1. The predicted molar refractivity (Wildman–Crippen MR) is 86.2 cm³/mol. The van der Waals surface area contributed by atoms with Crippen LogP contribution in [-0.4, -0.2) is 45.8 Å². The van der Waals surface area contributed by atoms with Crippen molar-refractivity contribution in [1.82, 2.24) is 10.2 Å². The van der Waals surface area contributed by atoms with Gasteiger partial charge in [-0.2, -0.15) is 0 Å². The largest absolute Gasteiger partial charge is 0.493 e. The average Bonchev–Trinajstić information content (AvgIpc) is 2.54. The summed E-state index contributed by atoms with van der Waals surface area (Å²) in [7, 11) is 5.42. The van der Waals surface area contributed by atoms with Crippen LogP contribution in [0.1, 0.15) is 31.4 Å². The number of rotatable bonds is 6. The number of nitrogens with one attached hydrogen (secondary N) is 1. The van der Waals surface area contributed by atoms with Crippen LogP contribution in [0.3, 0.4) is 0 Å². The van der Waals surface area contributed by atoms with Crippen molar-refractivity contribution in [3.63, 3.8) is 0 Å². The molecule has 2 unspecified atom stereocenters. The van der Waals surface area contributed by atoms with Crippen LogP contribution in [0, 0.1) is 5.92 Å². The molecule has 4 heteroatoms. The molecular weight excluding hydrogens is 264 g/mol. The molecule has 0 bridgehead atoms. The Morgan fingerprint density at radius 3 is 2.62 bits per heavy atom. The zero-order valence-electron chi connectivity index (χ0n) is 13.7. The molecule has 0 aromatic heterocycles. The second kappa shape index (κ2) is 7.66. The molecule has 1 saturated heterocycles. The SMILES string of the molecule is CCN1CCCC(CNC)C1c1ccc(OC)c(OC)c1. The molecule has 0 spiro atoms. The Kier molecular flexibility index (Phi) is 5.88. The van der Waals surface area contributed by atoms with E-state index in [0.29, 0.717) is 12.0 Å². The lowest BCUT2D eigenvalue weighted by molar-refractivity contribution is 0.0980. The standard InChI is InChI=1S/C17H28N2O2/c1-5-19-10-6-7-14(12-18-2)17(19)13-8-9-15(20-3)16(11-13)21-4/h8-9,11,14,17-18H,5-7,10,12H2,1-4H3. The minimum Gasteiger partial charge on any atom is -0.493 e. The summed E-state index contributed by atoms with van der Waals surface area (Å²) in [5.74, 6) is 2.26. The van der Waals surface area contributed by atoms with E-state index in [2.05, 4.69) is 29.3 Å². The van der Waals surface area contributed by atoms with Gasteiger partial charge in [0, 0.05) is 6.04 Å². The summed E-state index contributed by atoms with van der Waals surface area (Å²) < 4.78 is 10.8. The van der Waals surface area contributed by atoms with Crippen molar-refractivity contribution in [3.8, 4) is 11.5 Å². The van der Waals surface area contributed by atoms with Crippen molar-refractivity contribution in [1.29, 1.82) is 0 Å². The van der Waals surface area contributed by atoms with Gasteiger partial charge in [-0.15, -0.1) is 0 Å². The van der Waals surface area contributed by atoms with Gasteiger partial charge >= 0.3 is 0 Å². The Hall–Kier alpha value is -1.26. The van der Waals surface area contributed by atoms with Crippen LogP contribution in [0.2, 0.25) is 0 Å². The maximum atomic E-state index is 5.47. The van der Waals surface area contributed by atoms with Crippen molar-refractivity contribution in [2.45, 2.75) is 25.8 Å². The summed E-state index contributed by atoms with van der Waals surface area (Å²) in [4.78, 5) is 2.58. The van der Waals surface area contributed by atoms with E-state index in [4.69, 9.17) is 9.47 Å². The molecule has 1 fully saturated rings. The van der Waals surface area contributed by atoms with Crippen LogP contribution in [0.5, 0.6) is 11.5 Å². The fourth-order valence-corrected chi connectivity index (χ4v) is 3.50. The molecule has 1 N–H and O–H groups in total. The Morgan fingerprint density at radius 1 is 1.24 bits per heavy atom. The molecule has 0 amide bonds. The van der Waals surface area contributed by atoms with Crippen LogP contribution in [0.15, 0.2) is 18.2 Å². The molecule has 21 heavy (non-hydrogen) atoms. The van der Waals surface area contributed by atoms with Gasteiger partial charge in [0.1, 0.15) is 0 Å². The van der Waals surface area contributed by atoms with Gasteiger partial charge in [-0.25, -0.2) is 0 Å². The summed E-state index contributed by atoms with van der Waals surface area (Å²) in [6, 6.07) is 6.80. The molecule has 0 radical (unpaired) electrons. The van der Waals surface area contributed by atoms with Gasteiger partial charge in [0.15, 0.2) is 11.5 Å². The zero-order chi connectivity index (χ0) is 15.2. The molecule has 1 heterocycles. The number of nitrogens with zero attached hydrogens (tertiary/aromatic N) is 1. The van der Waals surface area contributed by atoms with E-state index in [0.717, 1.165) is 24.6 Å². The third-order valence-electron chi connectivity index (χ3n) is 4.48. The number of likely N-dealkylation sites (tertiary alicyclic amines) is 1. The van der Waals surface area contributed by atoms with Crippen LogP contribution >= 0.6 is 0 Å². The quantitative estimate of drug-likeness (QED) is 0.874. The maximum Gasteiger partial charge on any atom is 0.161 e. The van der Waals surface area contributed by atoms with Crippen molar-refractivity contribution in [3.05, 3.63) is 23.8 Å². The summed E-state index contributed by atoms with van der Waals surface area (Å²) in [5, 5.41) is 3.35. The molecule has 2 rings (SSSR count). The van der Waals surface area contributed by atoms with Gasteiger partial charge in [-0.05, 0) is 63.1 Å². The minimum absolute atomic E-state index is 0.455. The van der Waals surface area contributed by atoms with E-state index < -0.39 is 0 Å². The van der Waals surface area contributed by atoms with Gasteiger partial charge in [-0.3, -0.25) is 4.90 Å². The second-order valence-electron chi connectivity index (χ2n) is 5.65. The molecule has 2 atom stereocenters.